The molecule has 0 atom stereocenters. The van der Waals surface area contributed by atoms with E-state index in [2.05, 4.69) is 5.32 Å². The third-order valence-electron chi connectivity index (χ3n) is 2.78. The second kappa shape index (κ2) is 9.65. The maximum absolute atomic E-state index is 11.6. The zero-order valence-electron chi connectivity index (χ0n) is 13.3. The lowest BCUT2D eigenvalue weighted by molar-refractivity contribution is -0.142. The number of carbonyl (C=O) groups is 2. The van der Waals surface area contributed by atoms with Crippen LogP contribution in [0.1, 0.15) is 25.8 Å². The van der Waals surface area contributed by atoms with E-state index in [-0.39, 0.29) is 24.9 Å². The molecule has 1 amide bonds. The molecule has 1 aromatic carbocycles. The predicted molar refractivity (Wildman–Crippen MR) is 82.1 cm³/mol. The van der Waals surface area contributed by atoms with E-state index in [0.29, 0.717) is 24.7 Å². The molecule has 6 nitrogen and oxygen atoms in total. The lowest BCUT2D eigenvalue weighted by Gasteiger charge is -2.12. The molecule has 0 saturated heterocycles. The van der Waals surface area contributed by atoms with Gasteiger partial charge in [0.1, 0.15) is 0 Å². The molecule has 0 unspecified atom stereocenters. The molecule has 0 aromatic heterocycles. The zero-order valence-corrected chi connectivity index (χ0v) is 13.3. The molecule has 0 heterocycles. The number of nitrogens with one attached hydrogen (secondary N) is 1. The van der Waals surface area contributed by atoms with E-state index < -0.39 is 0 Å². The normalized spacial score (nSPS) is 9.95. The maximum atomic E-state index is 11.6. The van der Waals surface area contributed by atoms with Crippen molar-refractivity contribution in [2.45, 2.75) is 26.7 Å². The van der Waals surface area contributed by atoms with Crippen LogP contribution in [0.25, 0.3) is 0 Å². The van der Waals surface area contributed by atoms with Crippen LogP contribution in [-0.4, -0.2) is 38.7 Å². The van der Waals surface area contributed by atoms with Gasteiger partial charge in [-0.25, -0.2) is 0 Å². The molecular formula is C16H23NO5. The minimum absolute atomic E-state index is 0.0813. The third kappa shape index (κ3) is 6.03. The van der Waals surface area contributed by atoms with Crippen LogP contribution in [0, 0.1) is 0 Å². The molecule has 0 bridgehead atoms. The molecule has 0 fully saturated rings. The average molecular weight is 309 g/mol. The average Bonchev–Trinajstić information content (AvgIpc) is 2.51. The van der Waals surface area contributed by atoms with Crippen LogP contribution in [0.15, 0.2) is 18.2 Å². The molecule has 1 aromatic rings. The Morgan fingerprint density at radius 3 is 2.59 bits per heavy atom. The topological polar surface area (TPSA) is 73.9 Å². The van der Waals surface area contributed by atoms with E-state index in [0.717, 1.165) is 12.0 Å². The van der Waals surface area contributed by atoms with Crippen LogP contribution in [-0.2, 0) is 20.7 Å². The maximum Gasteiger partial charge on any atom is 0.310 e. The monoisotopic (exact) mass is 309 g/mol. The summed E-state index contributed by atoms with van der Waals surface area (Å²) in [6.07, 6.45) is 0.967. The molecule has 1 rings (SSSR count). The van der Waals surface area contributed by atoms with Gasteiger partial charge in [0.2, 0.25) is 0 Å². The summed E-state index contributed by atoms with van der Waals surface area (Å²) < 4.78 is 15.7. The number of amides is 1. The van der Waals surface area contributed by atoms with Crippen molar-refractivity contribution in [3.63, 3.8) is 0 Å². The van der Waals surface area contributed by atoms with Crippen LogP contribution in [0.5, 0.6) is 11.5 Å². The number of benzene rings is 1. The molecule has 0 radical (unpaired) electrons. The molecule has 0 aliphatic carbocycles. The van der Waals surface area contributed by atoms with Crippen molar-refractivity contribution in [2.24, 2.45) is 0 Å². The van der Waals surface area contributed by atoms with E-state index in [9.17, 15) is 9.59 Å². The Kier molecular flexibility index (Phi) is 7.81. The van der Waals surface area contributed by atoms with Crippen molar-refractivity contribution >= 4 is 11.9 Å². The Morgan fingerprint density at radius 2 is 1.95 bits per heavy atom. The van der Waals surface area contributed by atoms with E-state index >= 15 is 0 Å². The SMILES string of the molecule is CCCOC(=O)Cc1ccc(OCC(=O)NCC)c(OC)c1. The molecule has 6 heteroatoms. The van der Waals surface area contributed by atoms with E-state index in [1.807, 2.05) is 13.8 Å². The minimum Gasteiger partial charge on any atom is -0.493 e. The molecule has 0 saturated carbocycles. The summed E-state index contributed by atoms with van der Waals surface area (Å²) >= 11 is 0. The Hall–Kier alpha value is -2.24. The fourth-order valence-electron chi connectivity index (χ4n) is 1.77. The van der Waals surface area contributed by atoms with Crippen LogP contribution in [0.3, 0.4) is 0 Å². The number of likely N-dealkylation sites (N-methyl/N-ethyl adjacent to an activating group) is 1. The Bertz CT molecular complexity index is 501. The highest BCUT2D eigenvalue weighted by atomic mass is 16.5. The van der Waals surface area contributed by atoms with Gasteiger partial charge in [-0.1, -0.05) is 13.0 Å². The molecule has 0 aliphatic rings. The summed E-state index contributed by atoms with van der Waals surface area (Å²) in [5.41, 5.74) is 0.767. The molecule has 0 spiro atoms. The first kappa shape index (κ1) is 17.8. The number of hydrogen-bond donors (Lipinski definition) is 1. The van der Waals surface area contributed by atoms with Gasteiger partial charge in [0.05, 0.1) is 20.1 Å². The zero-order chi connectivity index (χ0) is 16.4. The second-order valence-corrected chi connectivity index (χ2v) is 4.62. The van der Waals surface area contributed by atoms with Crippen molar-refractivity contribution in [3.8, 4) is 11.5 Å². The molecular weight excluding hydrogens is 286 g/mol. The first-order chi connectivity index (χ1) is 10.6. The van der Waals surface area contributed by atoms with Gasteiger partial charge in [-0.05, 0) is 31.0 Å². The summed E-state index contributed by atoms with van der Waals surface area (Å²) in [4.78, 5) is 23.0. The third-order valence-corrected chi connectivity index (χ3v) is 2.78. The van der Waals surface area contributed by atoms with Crippen LogP contribution >= 0.6 is 0 Å². The van der Waals surface area contributed by atoms with Gasteiger partial charge >= 0.3 is 5.97 Å². The van der Waals surface area contributed by atoms with Crippen molar-refractivity contribution < 1.29 is 23.8 Å². The Balaban J connectivity index is 2.66. The van der Waals surface area contributed by atoms with Gasteiger partial charge in [-0.2, -0.15) is 0 Å². The first-order valence-corrected chi connectivity index (χ1v) is 7.32. The summed E-state index contributed by atoms with van der Waals surface area (Å²) in [7, 11) is 1.51. The molecule has 0 aliphatic heterocycles. The largest absolute Gasteiger partial charge is 0.493 e. The standard InChI is InChI=1S/C16H23NO5/c1-4-8-21-16(19)10-12-6-7-13(14(9-12)20-3)22-11-15(18)17-5-2/h6-7,9H,4-5,8,10-11H2,1-3H3,(H,17,18). The number of carbonyl (C=O) groups excluding carboxylic acids is 2. The van der Waals surface area contributed by atoms with Gasteiger partial charge in [0.25, 0.3) is 5.91 Å². The summed E-state index contributed by atoms with van der Waals surface area (Å²) in [5, 5.41) is 2.64. The van der Waals surface area contributed by atoms with Gasteiger partial charge in [0, 0.05) is 6.54 Å². The van der Waals surface area contributed by atoms with Crippen molar-refractivity contribution in [3.05, 3.63) is 23.8 Å². The van der Waals surface area contributed by atoms with Gasteiger partial charge in [-0.3, -0.25) is 9.59 Å². The number of rotatable bonds is 9. The van der Waals surface area contributed by atoms with Gasteiger partial charge in [-0.15, -0.1) is 0 Å². The number of esters is 1. The lowest BCUT2D eigenvalue weighted by Crippen LogP contribution is -2.28. The predicted octanol–water partition coefficient (Wildman–Crippen LogP) is 1.71. The van der Waals surface area contributed by atoms with E-state index in [1.54, 1.807) is 18.2 Å². The van der Waals surface area contributed by atoms with Crippen LogP contribution in [0.4, 0.5) is 0 Å². The van der Waals surface area contributed by atoms with Crippen LogP contribution in [0.2, 0.25) is 0 Å². The van der Waals surface area contributed by atoms with E-state index in [1.165, 1.54) is 7.11 Å². The van der Waals surface area contributed by atoms with E-state index in [4.69, 9.17) is 14.2 Å². The highest BCUT2D eigenvalue weighted by molar-refractivity contribution is 5.77. The lowest BCUT2D eigenvalue weighted by atomic mass is 10.1. The molecule has 1 N–H and O–H groups in total. The number of ether oxygens (including phenoxy) is 3. The van der Waals surface area contributed by atoms with Crippen molar-refractivity contribution in [1.82, 2.24) is 5.32 Å². The number of hydrogen-bond acceptors (Lipinski definition) is 5. The number of methoxy groups -OCH3 is 1. The Morgan fingerprint density at radius 1 is 1.18 bits per heavy atom. The quantitative estimate of drug-likeness (QED) is 0.703. The smallest absolute Gasteiger partial charge is 0.310 e. The molecule has 122 valence electrons. The second-order valence-electron chi connectivity index (χ2n) is 4.62. The fourth-order valence-corrected chi connectivity index (χ4v) is 1.77. The Labute approximate surface area is 130 Å². The summed E-state index contributed by atoms with van der Waals surface area (Å²) in [6.45, 7) is 4.67. The van der Waals surface area contributed by atoms with Crippen molar-refractivity contribution in [2.75, 3.05) is 26.9 Å². The van der Waals surface area contributed by atoms with Gasteiger partial charge < -0.3 is 19.5 Å². The van der Waals surface area contributed by atoms with Gasteiger partial charge in [0.15, 0.2) is 18.1 Å². The highest BCUT2D eigenvalue weighted by Gasteiger charge is 2.11. The first-order valence-electron chi connectivity index (χ1n) is 7.32. The highest BCUT2D eigenvalue weighted by Crippen LogP contribution is 2.28. The summed E-state index contributed by atoms with van der Waals surface area (Å²) in [5.74, 6) is 0.459. The molecule has 22 heavy (non-hydrogen) atoms. The fraction of sp³-hybridized carbons (Fsp3) is 0.500. The summed E-state index contributed by atoms with van der Waals surface area (Å²) in [6, 6.07) is 5.14. The van der Waals surface area contributed by atoms with Crippen LogP contribution < -0.4 is 14.8 Å². The van der Waals surface area contributed by atoms with Crippen molar-refractivity contribution in [1.29, 1.82) is 0 Å². The minimum atomic E-state index is -0.278.